The molecule has 0 unspecified atom stereocenters. The number of thioether (sulfide) groups is 1. The molecule has 4 heterocycles. The molecule has 0 saturated carbocycles. The van der Waals surface area contributed by atoms with Gasteiger partial charge in [-0.3, -0.25) is 4.79 Å². The summed E-state index contributed by atoms with van der Waals surface area (Å²) in [5, 5.41) is 3.99. The predicted molar refractivity (Wildman–Crippen MR) is 99.6 cm³/mol. The molecule has 2 fully saturated rings. The number of likely N-dealkylation sites (tertiary alicyclic amines) is 1. The molecule has 6 nitrogen and oxygen atoms in total. The summed E-state index contributed by atoms with van der Waals surface area (Å²) in [6.07, 6.45) is 4.52. The molecule has 1 amide bonds. The van der Waals surface area contributed by atoms with E-state index in [2.05, 4.69) is 17.1 Å². The molecule has 2 aliphatic heterocycles. The van der Waals surface area contributed by atoms with Crippen LogP contribution in [0.5, 0.6) is 5.88 Å². The van der Waals surface area contributed by atoms with E-state index in [9.17, 15) is 4.79 Å². The summed E-state index contributed by atoms with van der Waals surface area (Å²) >= 11 is 1.91. The largest absolute Gasteiger partial charge is 0.473 e. The van der Waals surface area contributed by atoms with Gasteiger partial charge in [-0.2, -0.15) is 0 Å². The Bertz CT molecular complexity index is 787. The lowest BCUT2D eigenvalue weighted by Crippen LogP contribution is -2.61. The van der Waals surface area contributed by atoms with E-state index in [0.717, 1.165) is 38.1 Å². The van der Waals surface area contributed by atoms with Gasteiger partial charge in [-0.1, -0.05) is 18.1 Å². The first kappa shape index (κ1) is 17.4. The molecule has 1 spiro atoms. The lowest BCUT2D eigenvalue weighted by atomic mass is 9.92. The molecule has 138 valence electrons. The molecule has 2 aliphatic rings. The maximum atomic E-state index is 12.9. The number of ether oxygens (including phenoxy) is 1. The molecule has 0 bridgehead atoms. The molecular formula is C19H23N3O3S. The Hall–Kier alpha value is -2.02. The van der Waals surface area contributed by atoms with Crippen LogP contribution in [0.2, 0.25) is 0 Å². The number of rotatable bonds is 5. The van der Waals surface area contributed by atoms with Crippen LogP contribution >= 0.6 is 11.8 Å². The fraction of sp³-hybridized carbons (Fsp3) is 0.526. The van der Waals surface area contributed by atoms with Gasteiger partial charge in [0.2, 0.25) is 5.88 Å². The summed E-state index contributed by atoms with van der Waals surface area (Å²) in [6.45, 7) is 5.43. The molecule has 0 aliphatic carbocycles. The fourth-order valence-corrected chi connectivity index (χ4v) is 5.25. The number of nitrogens with zero attached hydrogens (tertiary/aromatic N) is 3. The first-order valence-corrected chi connectivity index (χ1v) is 10.0. The Balaban J connectivity index is 1.37. The van der Waals surface area contributed by atoms with Crippen LogP contribution in [0.3, 0.4) is 0 Å². The molecule has 0 aromatic carbocycles. The second-order valence-corrected chi connectivity index (χ2v) is 8.57. The Labute approximate surface area is 157 Å². The second kappa shape index (κ2) is 6.95. The molecule has 1 atom stereocenters. The van der Waals surface area contributed by atoms with Gasteiger partial charge < -0.3 is 14.2 Å². The standard InChI is InChI=1S/C19H23N3O3S/c1-3-6-15-17(13(2)21-25-15)18(23)22-11-19(12-22)9-14(10-26-19)24-16-7-4-5-8-20-16/h4-5,7-8,14H,3,6,9-12H2,1-2H3/t14-/m0/s1. The van der Waals surface area contributed by atoms with Crippen molar-refractivity contribution in [2.45, 2.75) is 44.0 Å². The van der Waals surface area contributed by atoms with Crippen LogP contribution in [-0.2, 0) is 6.42 Å². The average molecular weight is 373 g/mol. The summed E-state index contributed by atoms with van der Waals surface area (Å²) in [5.74, 6) is 2.37. The van der Waals surface area contributed by atoms with Crippen LogP contribution in [-0.4, -0.2) is 50.6 Å². The first-order chi connectivity index (χ1) is 12.6. The van der Waals surface area contributed by atoms with Gasteiger partial charge in [-0.05, 0) is 19.4 Å². The molecule has 7 heteroatoms. The summed E-state index contributed by atoms with van der Waals surface area (Å²) < 4.78 is 11.4. The highest BCUT2D eigenvalue weighted by atomic mass is 32.2. The third-order valence-electron chi connectivity index (χ3n) is 4.97. The number of hydrogen-bond donors (Lipinski definition) is 0. The Morgan fingerprint density at radius 2 is 2.31 bits per heavy atom. The highest BCUT2D eigenvalue weighted by Crippen LogP contribution is 2.46. The van der Waals surface area contributed by atoms with Crippen molar-refractivity contribution in [1.82, 2.24) is 15.0 Å². The van der Waals surface area contributed by atoms with Crippen molar-refractivity contribution in [1.29, 1.82) is 0 Å². The Morgan fingerprint density at radius 1 is 1.46 bits per heavy atom. The minimum atomic E-state index is 0.0486. The molecule has 0 radical (unpaired) electrons. The zero-order valence-corrected chi connectivity index (χ0v) is 15.9. The van der Waals surface area contributed by atoms with Crippen molar-refractivity contribution in [2.75, 3.05) is 18.8 Å². The summed E-state index contributed by atoms with van der Waals surface area (Å²) in [6, 6.07) is 5.70. The van der Waals surface area contributed by atoms with Crippen molar-refractivity contribution in [3.8, 4) is 5.88 Å². The summed E-state index contributed by atoms with van der Waals surface area (Å²) in [4.78, 5) is 19.0. The fourth-order valence-electron chi connectivity index (χ4n) is 3.73. The third kappa shape index (κ3) is 3.20. The van der Waals surface area contributed by atoms with Gasteiger partial charge >= 0.3 is 0 Å². The zero-order valence-electron chi connectivity index (χ0n) is 15.1. The minimum Gasteiger partial charge on any atom is -0.473 e. The number of pyridine rings is 1. The van der Waals surface area contributed by atoms with E-state index < -0.39 is 0 Å². The monoisotopic (exact) mass is 373 g/mol. The highest BCUT2D eigenvalue weighted by Gasteiger charge is 2.52. The SMILES string of the molecule is CCCc1onc(C)c1C(=O)N1CC2(C[C@H](Oc3ccccn3)CS2)C1. The number of hydrogen-bond acceptors (Lipinski definition) is 6. The number of aryl methyl sites for hydroxylation is 2. The van der Waals surface area contributed by atoms with Crippen molar-refractivity contribution >= 4 is 17.7 Å². The van der Waals surface area contributed by atoms with Crippen LogP contribution in [0.15, 0.2) is 28.9 Å². The second-order valence-electron chi connectivity index (χ2n) is 7.08. The Morgan fingerprint density at radius 3 is 3.04 bits per heavy atom. The van der Waals surface area contributed by atoms with Gasteiger partial charge in [0.1, 0.15) is 17.4 Å². The highest BCUT2D eigenvalue weighted by molar-refractivity contribution is 8.01. The molecule has 2 saturated heterocycles. The van der Waals surface area contributed by atoms with Crippen LogP contribution in [0.25, 0.3) is 0 Å². The maximum absolute atomic E-state index is 12.9. The summed E-state index contributed by atoms with van der Waals surface area (Å²) in [7, 11) is 0. The maximum Gasteiger partial charge on any atom is 0.259 e. The molecular weight excluding hydrogens is 350 g/mol. The van der Waals surface area contributed by atoms with Crippen LogP contribution in [0.4, 0.5) is 0 Å². The van der Waals surface area contributed by atoms with E-state index in [1.165, 1.54) is 0 Å². The predicted octanol–water partition coefficient (Wildman–Crippen LogP) is 3.11. The van der Waals surface area contributed by atoms with Gasteiger partial charge in [0, 0.05) is 43.9 Å². The zero-order chi connectivity index (χ0) is 18.1. The number of amides is 1. The van der Waals surface area contributed by atoms with Gasteiger partial charge in [0.05, 0.1) is 10.4 Å². The van der Waals surface area contributed by atoms with E-state index in [1.54, 1.807) is 6.20 Å². The molecule has 4 rings (SSSR count). The number of carbonyl (C=O) groups excluding carboxylic acids is 1. The average Bonchev–Trinajstić information content (AvgIpc) is 3.19. The van der Waals surface area contributed by atoms with Crippen LogP contribution in [0.1, 0.15) is 41.6 Å². The van der Waals surface area contributed by atoms with Crippen molar-refractivity contribution < 1.29 is 14.1 Å². The molecule has 2 aromatic heterocycles. The topological polar surface area (TPSA) is 68.5 Å². The van der Waals surface area contributed by atoms with Crippen molar-refractivity contribution in [3.05, 3.63) is 41.4 Å². The molecule has 2 aromatic rings. The van der Waals surface area contributed by atoms with Gasteiger partial charge in [0.15, 0.2) is 0 Å². The first-order valence-electron chi connectivity index (χ1n) is 9.06. The quantitative estimate of drug-likeness (QED) is 0.802. The minimum absolute atomic E-state index is 0.0486. The van der Waals surface area contributed by atoms with E-state index in [0.29, 0.717) is 22.9 Å². The lowest BCUT2D eigenvalue weighted by Gasteiger charge is -2.47. The summed E-state index contributed by atoms with van der Waals surface area (Å²) in [5.41, 5.74) is 1.35. The smallest absolute Gasteiger partial charge is 0.259 e. The van der Waals surface area contributed by atoms with Crippen LogP contribution in [0, 0.1) is 6.92 Å². The van der Waals surface area contributed by atoms with E-state index in [-0.39, 0.29) is 16.8 Å². The van der Waals surface area contributed by atoms with Crippen molar-refractivity contribution in [3.63, 3.8) is 0 Å². The van der Waals surface area contributed by atoms with Gasteiger partial charge in [-0.15, -0.1) is 11.8 Å². The van der Waals surface area contributed by atoms with E-state index in [1.807, 2.05) is 41.8 Å². The number of aromatic nitrogens is 2. The lowest BCUT2D eigenvalue weighted by molar-refractivity contribution is 0.0513. The third-order valence-corrected chi connectivity index (χ3v) is 6.55. The molecule has 0 N–H and O–H groups in total. The van der Waals surface area contributed by atoms with Gasteiger partial charge in [0.25, 0.3) is 5.91 Å². The number of carbonyl (C=O) groups is 1. The van der Waals surface area contributed by atoms with E-state index in [4.69, 9.17) is 9.26 Å². The van der Waals surface area contributed by atoms with E-state index >= 15 is 0 Å². The normalized spacial score (nSPS) is 21.0. The Kier molecular flexibility index (Phi) is 4.65. The van der Waals surface area contributed by atoms with Crippen molar-refractivity contribution in [2.24, 2.45) is 0 Å². The van der Waals surface area contributed by atoms with Gasteiger partial charge in [-0.25, -0.2) is 4.98 Å². The van der Waals surface area contributed by atoms with Crippen LogP contribution < -0.4 is 4.74 Å². The molecule has 26 heavy (non-hydrogen) atoms.